The van der Waals surface area contributed by atoms with E-state index >= 15 is 0 Å². The Labute approximate surface area is 138 Å². The molecule has 6 heteroatoms. The molecule has 0 bridgehead atoms. The summed E-state index contributed by atoms with van der Waals surface area (Å²) in [5.41, 5.74) is 1.96. The van der Waals surface area contributed by atoms with Crippen molar-refractivity contribution in [3.8, 4) is 11.4 Å². The molecule has 0 aliphatic heterocycles. The first-order chi connectivity index (χ1) is 11.2. The van der Waals surface area contributed by atoms with Crippen LogP contribution in [0.3, 0.4) is 0 Å². The van der Waals surface area contributed by atoms with Crippen LogP contribution < -0.4 is 0 Å². The van der Waals surface area contributed by atoms with Gasteiger partial charge in [0.25, 0.3) is 0 Å². The molecule has 3 rings (SSSR count). The Morgan fingerprint density at radius 1 is 1.26 bits per heavy atom. The number of aromatic nitrogens is 3. The summed E-state index contributed by atoms with van der Waals surface area (Å²) in [7, 11) is 0. The molecule has 0 aliphatic carbocycles. The van der Waals surface area contributed by atoms with Gasteiger partial charge in [-0.3, -0.25) is 4.57 Å². The highest BCUT2D eigenvalue weighted by molar-refractivity contribution is 7.98. The number of furan rings is 1. The number of hydrogen-bond donors (Lipinski definition) is 0. The molecule has 3 aromatic rings. The van der Waals surface area contributed by atoms with E-state index in [2.05, 4.69) is 16.8 Å². The van der Waals surface area contributed by atoms with E-state index in [0.717, 1.165) is 27.9 Å². The largest absolute Gasteiger partial charge is 0.469 e. The summed E-state index contributed by atoms with van der Waals surface area (Å²) in [6, 6.07) is 8.36. The lowest BCUT2D eigenvalue weighted by Crippen LogP contribution is -2.00. The Kier molecular flexibility index (Phi) is 4.62. The van der Waals surface area contributed by atoms with Crippen LogP contribution in [0.15, 0.2) is 58.8 Å². The molecular formula is C17H16FN3OS. The second-order valence-corrected chi connectivity index (χ2v) is 5.95. The number of halogens is 1. The molecule has 0 aliphatic rings. The van der Waals surface area contributed by atoms with Crippen molar-refractivity contribution in [3.63, 3.8) is 0 Å². The third-order valence-electron chi connectivity index (χ3n) is 3.41. The van der Waals surface area contributed by atoms with E-state index in [1.165, 1.54) is 12.1 Å². The summed E-state index contributed by atoms with van der Waals surface area (Å²) in [4.78, 5) is 0. The molecule has 0 N–H and O–H groups in total. The maximum atomic E-state index is 13.0. The van der Waals surface area contributed by atoms with Gasteiger partial charge in [0, 0.05) is 12.3 Å². The first-order valence-corrected chi connectivity index (χ1v) is 8.13. The van der Waals surface area contributed by atoms with Crippen molar-refractivity contribution in [1.82, 2.24) is 14.8 Å². The lowest BCUT2D eigenvalue weighted by Gasteiger charge is -2.07. The molecule has 0 radical (unpaired) electrons. The minimum Gasteiger partial charge on any atom is -0.469 e. The van der Waals surface area contributed by atoms with E-state index in [-0.39, 0.29) is 5.82 Å². The quantitative estimate of drug-likeness (QED) is 0.494. The molecule has 0 saturated heterocycles. The first kappa shape index (κ1) is 15.6. The molecule has 0 atom stereocenters. The van der Waals surface area contributed by atoms with Crippen molar-refractivity contribution in [2.45, 2.75) is 24.4 Å². The van der Waals surface area contributed by atoms with Crippen LogP contribution >= 0.6 is 11.8 Å². The maximum absolute atomic E-state index is 13.0. The molecule has 23 heavy (non-hydrogen) atoms. The SMILES string of the molecule is C=CCn1c(SCc2ccc(F)cc2)nnc1-c1ccoc1C. The van der Waals surface area contributed by atoms with Crippen LogP contribution in [-0.2, 0) is 12.3 Å². The Bertz CT molecular complexity index is 808. The zero-order valence-electron chi connectivity index (χ0n) is 12.7. The zero-order valence-corrected chi connectivity index (χ0v) is 13.5. The minimum atomic E-state index is -0.230. The van der Waals surface area contributed by atoms with Crippen LogP contribution in [0.4, 0.5) is 4.39 Å². The van der Waals surface area contributed by atoms with Gasteiger partial charge in [-0.15, -0.1) is 16.8 Å². The Morgan fingerprint density at radius 3 is 2.70 bits per heavy atom. The van der Waals surface area contributed by atoms with E-state index in [4.69, 9.17) is 4.42 Å². The highest BCUT2D eigenvalue weighted by atomic mass is 32.2. The number of allylic oxidation sites excluding steroid dienone is 1. The van der Waals surface area contributed by atoms with Crippen molar-refractivity contribution >= 4 is 11.8 Å². The third-order valence-corrected chi connectivity index (χ3v) is 4.45. The molecular weight excluding hydrogens is 313 g/mol. The van der Waals surface area contributed by atoms with E-state index < -0.39 is 0 Å². The van der Waals surface area contributed by atoms with E-state index in [9.17, 15) is 4.39 Å². The molecule has 0 spiro atoms. The van der Waals surface area contributed by atoms with Gasteiger partial charge in [0.2, 0.25) is 0 Å². The van der Waals surface area contributed by atoms with E-state index in [1.54, 1.807) is 30.2 Å². The Morgan fingerprint density at radius 2 is 2.04 bits per heavy atom. The smallest absolute Gasteiger partial charge is 0.192 e. The standard InChI is InChI=1S/C17H16FN3OS/c1-3-9-21-16(15-8-10-22-12(15)2)19-20-17(21)23-11-13-4-6-14(18)7-5-13/h3-8,10H,1,9,11H2,2H3. The van der Waals surface area contributed by atoms with Crippen LogP contribution in [0.5, 0.6) is 0 Å². The summed E-state index contributed by atoms with van der Waals surface area (Å²) in [6.07, 6.45) is 3.45. The predicted molar refractivity (Wildman–Crippen MR) is 88.6 cm³/mol. The number of hydrogen-bond acceptors (Lipinski definition) is 4. The van der Waals surface area contributed by atoms with Gasteiger partial charge in [-0.1, -0.05) is 30.0 Å². The second-order valence-electron chi connectivity index (χ2n) is 5.01. The summed E-state index contributed by atoms with van der Waals surface area (Å²) in [5.74, 6) is 2.03. The fraction of sp³-hybridized carbons (Fsp3) is 0.176. The summed E-state index contributed by atoms with van der Waals surface area (Å²) in [6.45, 7) is 6.31. The van der Waals surface area contributed by atoms with Gasteiger partial charge in [0.1, 0.15) is 11.6 Å². The van der Waals surface area contributed by atoms with Crippen LogP contribution in [0.25, 0.3) is 11.4 Å². The van der Waals surface area contributed by atoms with Crippen LogP contribution in [0.1, 0.15) is 11.3 Å². The summed E-state index contributed by atoms with van der Waals surface area (Å²) < 4.78 is 20.3. The zero-order chi connectivity index (χ0) is 16.2. The van der Waals surface area contributed by atoms with Crippen LogP contribution in [0.2, 0.25) is 0 Å². The first-order valence-electron chi connectivity index (χ1n) is 7.15. The van der Waals surface area contributed by atoms with Crippen molar-refractivity contribution in [1.29, 1.82) is 0 Å². The average molecular weight is 329 g/mol. The van der Waals surface area contributed by atoms with Gasteiger partial charge in [0.15, 0.2) is 11.0 Å². The van der Waals surface area contributed by atoms with Gasteiger partial charge in [-0.2, -0.15) is 0 Å². The Balaban J connectivity index is 1.84. The molecule has 0 saturated carbocycles. The molecule has 118 valence electrons. The highest BCUT2D eigenvalue weighted by Gasteiger charge is 2.16. The summed E-state index contributed by atoms with van der Waals surface area (Å²) in [5, 5.41) is 9.36. The van der Waals surface area contributed by atoms with E-state index in [0.29, 0.717) is 12.3 Å². The Hall–Kier alpha value is -2.34. The lowest BCUT2D eigenvalue weighted by molar-refractivity contribution is 0.534. The van der Waals surface area contributed by atoms with Gasteiger partial charge < -0.3 is 4.42 Å². The fourth-order valence-corrected chi connectivity index (χ4v) is 3.14. The molecule has 2 heterocycles. The fourth-order valence-electron chi connectivity index (χ4n) is 2.23. The number of rotatable bonds is 6. The van der Waals surface area contributed by atoms with Gasteiger partial charge in [-0.25, -0.2) is 4.39 Å². The number of thioether (sulfide) groups is 1. The highest BCUT2D eigenvalue weighted by Crippen LogP contribution is 2.28. The lowest BCUT2D eigenvalue weighted by atomic mass is 10.2. The van der Waals surface area contributed by atoms with E-state index in [1.807, 2.05) is 23.6 Å². The number of nitrogens with zero attached hydrogens (tertiary/aromatic N) is 3. The molecule has 2 aromatic heterocycles. The monoisotopic (exact) mass is 329 g/mol. The van der Waals surface area contributed by atoms with Gasteiger partial charge in [-0.05, 0) is 30.7 Å². The van der Waals surface area contributed by atoms with Gasteiger partial charge >= 0.3 is 0 Å². The summed E-state index contributed by atoms with van der Waals surface area (Å²) >= 11 is 1.56. The number of benzene rings is 1. The normalized spacial score (nSPS) is 10.9. The predicted octanol–water partition coefficient (Wildman–Crippen LogP) is 4.46. The molecule has 0 amide bonds. The van der Waals surface area contributed by atoms with Crippen LogP contribution in [0, 0.1) is 12.7 Å². The topological polar surface area (TPSA) is 43.9 Å². The average Bonchev–Trinajstić information content (AvgIpc) is 3.13. The van der Waals surface area contributed by atoms with Crippen molar-refractivity contribution in [2.75, 3.05) is 0 Å². The second kappa shape index (κ2) is 6.83. The van der Waals surface area contributed by atoms with Gasteiger partial charge in [0.05, 0.1) is 11.8 Å². The van der Waals surface area contributed by atoms with Crippen molar-refractivity contribution in [3.05, 3.63) is 66.4 Å². The molecule has 4 nitrogen and oxygen atoms in total. The van der Waals surface area contributed by atoms with Crippen LogP contribution in [-0.4, -0.2) is 14.8 Å². The van der Waals surface area contributed by atoms with Crippen molar-refractivity contribution < 1.29 is 8.81 Å². The third kappa shape index (κ3) is 3.37. The molecule has 0 fully saturated rings. The maximum Gasteiger partial charge on any atom is 0.192 e. The number of aryl methyl sites for hydroxylation is 1. The molecule has 1 aromatic carbocycles. The van der Waals surface area contributed by atoms with Crippen molar-refractivity contribution in [2.24, 2.45) is 0 Å². The minimum absolute atomic E-state index is 0.230. The molecule has 0 unspecified atom stereocenters.